The highest BCUT2D eigenvalue weighted by atomic mass is 33.6. The van der Waals surface area contributed by atoms with Gasteiger partial charge in [-0.1, -0.05) is 27.7 Å². The Hall–Kier alpha value is 0.690. The molecule has 0 aliphatic carbocycles. The summed E-state index contributed by atoms with van der Waals surface area (Å²) in [6, 6.07) is 0. The van der Waals surface area contributed by atoms with E-state index in [0.29, 0.717) is 17.3 Å². The number of hydrogen-bond donors (Lipinski definition) is 3. The Bertz CT molecular complexity index is 361. The van der Waals surface area contributed by atoms with Gasteiger partial charge >= 0.3 is 11.9 Å². The smallest absolute Gasteiger partial charge is 0.326 e. The van der Waals surface area contributed by atoms with E-state index >= 15 is 0 Å². The zero-order valence-electron chi connectivity index (χ0n) is 14.3. The van der Waals surface area contributed by atoms with Crippen LogP contribution in [0.3, 0.4) is 0 Å². The summed E-state index contributed by atoms with van der Waals surface area (Å²) in [5.41, 5.74) is 0. The van der Waals surface area contributed by atoms with Gasteiger partial charge in [-0.15, -0.1) is 0 Å². The Labute approximate surface area is 159 Å². The van der Waals surface area contributed by atoms with Gasteiger partial charge in [-0.3, -0.25) is 9.59 Å². The van der Waals surface area contributed by atoms with E-state index in [-0.39, 0.29) is 29.4 Å². The molecule has 0 radical (unpaired) electrons. The molecule has 0 fully saturated rings. The minimum Gasteiger partial charge on any atom is -0.360 e. The number of thiol groups is 3. The lowest BCUT2D eigenvalue weighted by Gasteiger charge is -2.64. The molecule has 0 heterocycles. The maximum Gasteiger partial charge on any atom is 0.326 e. The van der Waals surface area contributed by atoms with Crippen molar-refractivity contribution >= 4 is 66.6 Å². The van der Waals surface area contributed by atoms with Gasteiger partial charge < -0.3 is 8.37 Å². The van der Waals surface area contributed by atoms with Gasteiger partial charge in [0.25, 0.3) is 0 Å². The summed E-state index contributed by atoms with van der Waals surface area (Å²) >= 11 is 8.57. The van der Waals surface area contributed by atoms with Crippen LogP contribution in [-0.4, -0.2) is 33.8 Å². The standard InChI is InChI=1S/C14H30O4S5/c1-5-12(15)17-23(21-7-3,22-8-4,18-13(16)6-2)11-9-10-14(19)20/h14,19-20,23H,5-11H2,1-4H3. The van der Waals surface area contributed by atoms with Gasteiger partial charge in [-0.2, -0.15) is 33.0 Å². The van der Waals surface area contributed by atoms with Gasteiger partial charge in [0.15, 0.2) is 0 Å². The van der Waals surface area contributed by atoms with E-state index in [0.717, 1.165) is 12.8 Å². The van der Waals surface area contributed by atoms with Gasteiger partial charge in [0, 0.05) is 34.7 Å². The Morgan fingerprint density at radius 1 is 0.957 bits per heavy atom. The van der Waals surface area contributed by atoms with E-state index in [1.807, 2.05) is 13.8 Å². The van der Waals surface area contributed by atoms with Crippen LogP contribution in [0.25, 0.3) is 0 Å². The fourth-order valence-electron chi connectivity index (χ4n) is 1.94. The average molecular weight is 423 g/mol. The number of hydrogen-bond acceptors (Lipinski definition) is 8. The first-order valence-electron chi connectivity index (χ1n) is 7.90. The maximum absolute atomic E-state index is 12.1. The SMILES string of the molecule is CCS[SH](CCCC(S)S)(OC(=O)CC)(OC(=O)CC)SCC. The summed E-state index contributed by atoms with van der Waals surface area (Å²) in [6.45, 7) is 7.48. The van der Waals surface area contributed by atoms with E-state index in [1.54, 1.807) is 13.8 Å². The van der Waals surface area contributed by atoms with Crippen LogP contribution in [-0.2, 0) is 18.0 Å². The molecule has 0 unspecified atom stereocenters. The van der Waals surface area contributed by atoms with Crippen LogP contribution in [0, 0.1) is 0 Å². The highest BCUT2D eigenvalue weighted by Gasteiger charge is 2.41. The molecule has 0 aromatic carbocycles. The molecule has 0 aromatic rings. The Morgan fingerprint density at radius 2 is 1.39 bits per heavy atom. The van der Waals surface area contributed by atoms with Crippen molar-refractivity contribution in [3.8, 4) is 0 Å². The Kier molecular flexibility index (Phi) is 11.7. The number of carbonyl (C=O) groups is 2. The molecule has 0 saturated heterocycles. The second-order valence-electron chi connectivity index (χ2n) is 4.78. The Morgan fingerprint density at radius 3 is 1.70 bits per heavy atom. The molecular formula is C14H30O4S5. The predicted molar refractivity (Wildman–Crippen MR) is 114 cm³/mol. The molecule has 9 heteroatoms. The number of carbonyl (C=O) groups excluding carboxylic acids is 2. The van der Waals surface area contributed by atoms with Crippen LogP contribution < -0.4 is 0 Å². The van der Waals surface area contributed by atoms with Crippen LogP contribution in [0.5, 0.6) is 0 Å². The summed E-state index contributed by atoms with van der Waals surface area (Å²) in [5, 5.41) is 0. The highest BCUT2D eigenvalue weighted by Crippen LogP contribution is 2.89. The zero-order valence-corrected chi connectivity index (χ0v) is 18.6. The lowest BCUT2D eigenvalue weighted by atomic mass is 10.4. The molecule has 23 heavy (non-hydrogen) atoms. The van der Waals surface area contributed by atoms with E-state index in [9.17, 15) is 9.59 Å². The lowest BCUT2D eigenvalue weighted by Crippen LogP contribution is -2.28. The van der Waals surface area contributed by atoms with Crippen molar-refractivity contribution in [1.29, 1.82) is 0 Å². The summed E-state index contributed by atoms with van der Waals surface area (Å²) in [6.07, 6.45) is 2.02. The molecule has 140 valence electrons. The molecule has 0 aliphatic rings. The molecule has 0 bridgehead atoms. The third kappa shape index (κ3) is 8.07. The molecule has 0 rings (SSSR count). The van der Waals surface area contributed by atoms with E-state index < -0.39 is 7.79 Å². The largest absolute Gasteiger partial charge is 0.360 e. The fraction of sp³-hybridized carbons (Fsp3) is 0.857. The summed E-state index contributed by atoms with van der Waals surface area (Å²) < 4.78 is 11.8. The molecule has 0 saturated carbocycles. The summed E-state index contributed by atoms with van der Waals surface area (Å²) in [4.78, 5) is 24.2. The van der Waals surface area contributed by atoms with Crippen LogP contribution in [0.4, 0.5) is 0 Å². The Balaban J connectivity index is 5.71. The van der Waals surface area contributed by atoms with Crippen molar-refractivity contribution in [3.63, 3.8) is 0 Å². The van der Waals surface area contributed by atoms with Gasteiger partial charge in [0.2, 0.25) is 0 Å². The van der Waals surface area contributed by atoms with Crippen molar-refractivity contribution in [1.82, 2.24) is 0 Å². The monoisotopic (exact) mass is 422 g/mol. The fourth-order valence-corrected chi connectivity index (χ4v) is 14.8. The molecule has 0 atom stereocenters. The predicted octanol–water partition coefficient (Wildman–Crippen LogP) is 5.10. The summed E-state index contributed by atoms with van der Waals surface area (Å²) in [5.74, 6) is 1.33. The van der Waals surface area contributed by atoms with Crippen molar-refractivity contribution in [3.05, 3.63) is 0 Å². The minimum absolute atomic E-state index is 0.0423. The highest BCUT2D eigenvalue weighted by molar-refractivity contribution is 9.29. The van der Waals surface area contributed by atoms with E-state index in [4.69, 9.17) is 8.37 Å². The lowest BCUT2D eigenvalue weighted by molar-refractivity contribution is -0.136. The second kappa shape index (κ2) is 11.3. The normalized spacial score (nSPS) is 13.4. The molecule has 0 N–H and O–H groups in total. The van der Waals surface area contributed by atoms with Crippen molar-refractivity contribution < 1.29 is 18.0 Å². The molecule has 0 amide bonds. The first-order valence-corrected chi connectivity index (χ1v) is 14.4. The molecule has 0 aliphatic heterocycles. The zero-order chi connectivity index (χ0) is 18.0. The maximum atomic E-state index is 12.1. The molecule has 0 aromatic heterocycles. The van der Waals surface area contributed by atoms with Crippen molar-refractivity contribution in [2.45, 2.75) is 58.0 Å². The van der Waals surface area contributed by atoms with Gasteiger partial charge in [0.05, 0.1) is 0 Å². The molecule has 4 nitrogen and oxygen atoms in total. The molecule has 0 spiro atoms. The van der Waals surface area contributed by atoms with Gasteiger partial charge in [-0.05, 0) is 34.4 Å². The van der Waals surface area contributed by atoms with E-state index in [1.165, 1.54) is 21.6 Å². The summed E-state index contributed by atoms with van der Waals surface area (Å²) in [7, 11) is -0.523. The quantitative estimate of drug-likeness (QED) is 0.231. The minimum atomic E-state index is -3.51. The number of rotatable bonds is 12. The van der Waals surface area contributed by atoms with Crippen LogP contribution in [0.1, 0.15) is 53.4 Å². The first kappa shape index (κ1) is 23.7. The van der Waals surface area contributed by atoms with Crippen LogP contribution in [0.15, 0.2) is 0 Å². The van der Waals surface area contributed by atoms with Gasteiger partial charge in [0.1, 0.15) is 0 Å². The second-order valence-corrected chi connectivity index (χ2v) is 17.5. The van der Waals surface area contributed by atoms with E-state index in [2.05, 4.69) is 25.3 Å². The topological polar surface area (TPSA) is 52.6 Å². The van der Waals surface area contributed by atoms with Crippen molar-refractivity contribution in [2.24, 2.45) is 0 Å². The first-order chi connectivity index (χ1) is 10.8. The third-order valence-electron chi connectivity index (χ3n) is 2.88. The third-order valence-corrected chi connectivity index (χ3v) is 15.5. The van der Waals surface area contributed by atoms with Crippen LogP contribution >= 0.6 is 54.6 Å². The van der Waals surface area contributed by atoms with Crippen molar-refractivity contribution in [2.75, 3.05) is 17.3 Å². The van der Waals surface area contributed by atoms with Crippen LogP contribution in [0.2, 0.25) is 0 Å². The molecular weight excluding hydrogens is 392 g/mol. The average Bonchev–Trinajstić information content (AvgIpc) is 2.47. The van der Waals surface area contributed by atoms with Gasteiger partial charge in [-0.25, -0.2) is 0 Å².